The summed E-state index contributed by atoms with van der Waals surface area (Å²) in [5.41, 5.74) is 1.22. The Hall–Kier alpha value is -0.0800. The van der Waals surface area contributed by atoms with E-state index in [9.17, 15) is 0 Å². The molecule has 0 aromatic heterocycles. The van der Waals surface area contributed by atoms with Crippen LogP contribution < -0.4 is 5.32 Å². The fourth-order valence-electron chi connectivity index (χ4n) is 3.98. The van der Waals surface area contributed by atoms with Crippen molar-refractivity contribution >= 4 is 0 Å². The molecular weight excluding hydrogens is 232 g/mol. The van der Waals surface area contributed by atoms with Gasteiger partial charge in [0.1, 0.15) is 0 Å². The average Bonchev–Trinajstić information content (AvgIpc) is 2.88. The highest BCUT2D eigenvalue weighted by Gasteiger charge is 2.37. The van der Waals surface area contributed by atoms with Gasteiger partial charge in [-0.05, 0) is 56.1 Å². The molecular formula is C17H34N2. The second kappa shape index (κ2) is 6.58. The Bertz CT molecular complexity index is 260. The quantitative estimate of drug-likeness (QED) is 0.789. The third kappa shape index (κ3) is 3.95. The van der Waals surface area contributed by atoms with Crippen molar-refractivity contribution in [3.05, 3.63) is 0 Å². The molecule has 1 saturated carbocycles. The van der Waals surface area contributed by atoms with E-state index < -0.39 is 0 Å². The predicted molar refractivity (Wildman–Crippen MR) is 83.5 cm³/mol. The summed E-state index contributed by atoms with van der Waals surface area (Å²) >= 11 is 0. The number of piperidine rings is 1. The minimum absolute atomic E-state index is 0.593. The van der Waals surface area contributed by atoms with Gasteiger partial charge in [-0.2, -0.15) is 0 Å². The summed E-state index contributed by atoms with van der Waals surface area (Å²) in [5, 5.41) is 3.62. The predicted octanol–water partition coefficient (Wildman–Crippen LogP) is 3.67. The zero-order valence-corrected chi connectivity index (χ0v) is 13.4. The first kappa shape index (κ1) is 15.3. The summed E-state index contributed by atoms with van der Waals surface area (Å²) in [6.45, 7) is 13.4. The summed E-state index contributed by atoms with van der Waals surface area (Å²) in [7, 11) is 0. The van der Waals surface area contributed by atoms with Crippen LogP contribution in [0.15, 0.2) is 0 Å². The van der Waals surface area contributed by atoms with E-state index >= 15 is 0 Å². The normalized spacial score (nSPS) is 26.7. The first-order chi connectivity index (χ1) is 9.11. The summed E-state index contributed by atoms with van der Waals surface area (Å²) in [6, 6.07) is 0. The molecule has 2 heteroatoms. The molecule has 0 bridgehead atoms. The Morgan fingerprint density at radius 3 is 2.16 bits per heavy atom. The van der Waals surface area contributed by atoms with Crippen LogP contribution in [0.4, 0.5) is 0 Å². The molecule has 1 aliphatic carbocycles. The summed E-state index contributed by atoms with van der Waals surface area (Å²) < 4.78 is 0. The Labute approximate surface area is 120 Å². The SMILES string of the molecule is CCNCC1(CN2CCC(C)(CC)CC2)CCCC1. The third-order valence-corrected chi connectivity index (χ3v) is 5.89. The van der Waals surface area contributed by atoms with Crippen molar-refractivity contribution in [1.29, 1.82) is 0 Å². The van der Waals surface area contributed by atoms with Crippen LogP contribution >= 0.6 is 0 Å². The molecule has 112 valence electrons. The summed E-state index contributed by atoms with van der Waals surface area (Å²) in [6.07, 6.45) is 9.95. The first-order valence-electron chi connectivity index (χ1n) is 8.54. The van der Waals surface area contributed by atoms with Gasteiger partial charge in [0, 0.05) is 13.1 Å². The smallest absolute Gasteiger partial charge is 0.00501 e. The molecule has 1 heterocycles. The molecule has 2 fully saturated rings. The molecule has 0 aromatic rings. The first-order valence-corrected chi connectivity index (χ1v) is 8.54. The number of nitrogens with zero attached hydrogens (tertiary/aromatic N) is 1. The van der Waals surface area contributed by atoms with Gasteiger partial charge in [-0.15, -0.1) is 0 Å². The van der Waals surface area contributed by atoms with Crippen LogP contribution in [0.3, 0.4) is 0 Å². The van der Waals surface area contributed by atoms with Crippen LogP contribution in [0.2, 0.25) is 0 Å². The lowest BCUT2D eigenvalue weighted by Gasteiger charge is -2.43. The molecule has 1 N–H and O–H groups in total. The zero-order valence-electron chi connectivity index (χ0n) is 13.4. The monoisotopic (exact) mass is 266 g/mol. The third-order valence-electron chi connectivity index (χ3n) is 5.89. The lowest BCUT2D eigenvalue weighted by molar-refractivity contribution is 0.0727. The lowest BCUT2D eigenvalue weighted by Crippen LogP contribution is -2.47. The van der Waals surface area contributed by atoms with E-state index in [1.165, 1.54) is 71.1 Å². The number of likely N-dealkylation sites (tertiary alicyclic amines) is 1. The van der Waals surface area contributed by atoms with Crippen LogP contribution in [0.25, 0.3) is 0 Å². The fraction of sp³-hybridized carbons (Fsp3) is 1.00. The van der Waals surface area contributed by atoms with Crippen molar-refractivity contribution in [1.82, 2.24) is 10.2 Å². The van der Waals surface area contributed by atoms with Gasteiger partial charge >= 0.3 is 0 Å². The molecule has 2 nitrogen and oxygen atoms in total. The van der Waals surface area contributed by atoms with Crippen molar-refractivity contribution in [3.8, 4) is 0 Å². The minimum Gasteiger partial charge on any atom is -0.316 e. The van der Waals surface area contributed by atoms with Gasteiger partial charge in [0.2, 0.25) is 0 Å². The van der Waals surface area contributed by atoms with Crippen molar-refractivity contribution in [3.63, 3.8) is 0 Å². The maximum Gasteiger partial charge on any atom is 0.00501 e. The number of hydrogen-bond acceptors (Lipinski definition) is 2. The standard InChI is InChI=1S/C17H34N2/c1-4-16(3)10-12-19(13-11-16)15-17(14-18-5-2)8-6-7-9-17/h18H,4-15H2,1-3H3. The van der Waals surface area contributed by atoms with Gasteiger partial charge < -0.3 is 10.2 Å². The molecule has 0 spiro atoms. The van der Waals surface area contributed by atoms with Crippen molar-refractivity contribution in [2.75, 3.05) is 32.7 Å². The van der Waals surface area contributed by atoms with E-state index in [2.05, 4.69) is 31.0 Å². The lowest BCUT2D eigenvalue weighted by atomic mass is 9.77. The maximum absolute atomic E-state index is 3.62. The van der Waals surface area contributed by atoms with Gasteiger partial charge in [0.25, 0.3) is 0 Å². The highest BCUT2D eigenvalue weighted by atomic mass is 15.1. The second-order valence-corrected chi connectivity index (χ2v) is 7.43. The molecule has 0 aromatic carbocycles. The molecule has 19 heavy (non-hydrogen) atoms. The Balaban J connectivity index is 1.85. The van der Waals surface area contributed by atoms with Gasteiger partial charge in [0.15, 0.2) is 0 Å². The second-order valence-electron chi connectivity index (χ2n) is 7.43. The van der Waals surface area contributed by atoms with Crippen LogP contribution in [0, 0.1) is 10.8 Å². The van der Waals surface area contributed by atoms with E-state index in [1.54, 1.807) is 0 Å². The zero-order chi connectivity index (χ0) is 13.8. The number of hydrogen-bond donors (Lipinski definition) is 1. The molecule has 1 aliphatic heterocycles. The fourth-order valence-corrected chi connectivity index (χ4v) is 3.98. The molecule has 0 atom stereocenters. The van der Waals surface area contributed by atoms with Crippen molar-refractivity contribution < 1.29 is 0 Å². The molecule has 0 amide bonds. The van der Waals surface area contributed by atoms with E-state index in [4.69, 9.17) is 0 Å². The summed E-state index contributed by atoms with van der Waals surface area (Å²) in [5.74, 6) is 0. The van der Waals surface area contributed by atoms with Crippen LogP contribution in [-0.2, 0) is 0 Å². The highest BCUT2D eigenvalue weighted by Crippen LogP contribution is 2.40. The maximum atomic E-state index is 3.62. The molecule has 2 rings (SSSR count). The molecule has 2 aliphatic rings. The summed E-state index contributed by atoms with van der Waals surface area (Å²) in [4.78, 5) is 2.76. The van der Waals surface area contributed by atoms with Crippen LogP contribution in [0.5, 0.6) is 0 Å². The van der Waals surface area contributed by atoms with Crippen LogP contribution in [0.1, 0.15) is 65.7 Å². The largest absolute Gasteiger partial charge is 0.316 e. The van der Waals surface area contributed by atoms with E-state index in [1.807, 2.05) is 0 Å². The van der Waals surface area contributed by atoms with E-state index in [0.717, 1.165) is 6.54 Å². The molecule has 1 saturated heterocycles. The number of nitrogens with one attached hydrogen (secondary N) is 1. The Morgan fingerprint density at radius 1 is 1.00 bits per heavy atom. The van der Waals surface area contributed by atoms with Gasteiger partial charge in [0.05, 0.1) is 0 Å². The Morgan fingerprint density at radius 2 is 1.63 bits per heavy atom. The van der Waals surface area contributed by atoms with Crippen molar-refractivity contribution in [2.45, 2.75) is 65.7 Å². The Kier molecular flexibility index (Phi) is 5.30. The highest BCUT2D eigenvalue weighted by molar-refractivity contribution is 4.91. The van der Waals surface area contributed by atoms with Gasteiger partial charge in [-0.1, -0.05) is 40.0 Å². The van der Waals surface area contributed by atoms with E-state index in [-0.39, 0.29) is 0 Å². The average molecular weight is 266 g/mol. The van der Waals surface area contributed by atoms with Gasteiger partial charge in [-0.3, -0.25) is 0 Å². The topological polar surface area (TPSA) is 15.3 Å². The van der Waals surface area contributed by atoms with Crippen molar-refractivity contribution in [2.24, 2.45) is 10.8 Å². The van der Waals surface area contributed by atoms with E-state index in [0.29, 0.717) is 10.8 Å². The minimum atomic E-state index is 0.593. The molecule has 0 radical (unpaired) electrons. The number of rotatable bonds is 6. The van der Waals surface area contributed by atoms with Gasteiger partial charge in [-0.25, -0.2) is 0 Å². The molecule has 0 unspecified atom stereocenters. The van der Waals surface area contributed by atoms with Crippen LogP contribution in [-0.4, -0.2) is 37.6 Å².